The predicted octanol–water partition coefficient (Wildman–Crippen LogP) is 1.58. The molecule has 114 valence electrons. The Bertz CT molecular complexity index is 706. The van der Waals surface area contributed by atoms with Crippen molar-refractivity contribution in [3.05, 3.63) is 30.5 Å². The van der Waals surface area contributed by atoms with Gasteiger partial charge in [0.15, 0.2) is 0 Å². The number of ether oxygens (including phenoxy) is 1. The second-order valence-corrected chi connectivity index (χ2v) is 7.04. The minimum atomic E-state index is -3.02. The fourth-order valence-corrected chi connectivity index (χ4v) is 2.43. The first-order chi connectivity index (χ1) is 9.89. The standard InChI is InChI=1S/C14H19N3O3S/c1-3-20-12-6-4-11(5-7-12)14-13(15)10-17(16-14)8-9-21(2,18)19/h4-7,10H,3,8-9,15H2,1-2H3. The SMILES string of the molecule is CCOc1ccc(-c2nn(CCS(C)(=O)=O)cc2N)cc1. The van der Waals surface area contributed by atoms with E-state index in [1.165, 1.54) is 6.26 Å². The van der Waals surface area contributed by atoms with Crippen LogP contribution in [0.3, 0.4) is 0 Å². The Labute approximate surface area is 124 Å². The summed E-state index contributed by atoms with van der Waals surface area (Å²) in [5.74, 6) is 0.827. The number of aromatic nitrogens is 2. The number of hydrogen-bond acceptors (Lipinski definition) is 5. The molecule has 0 fully saturated rings. The maximum absolute atomic E-state index is 11.2. The van der Waals surface area contributed by atoms with E-state index in [1.807, 2.05) is 31.2 Å². The lowest BCUT2D eigenvalue weighted by Gasteiger charge is -2.04. The van der Waals surface area contributed by atoms with Crippen LogP contribution >= 0.6 is 0 Å². The zero-order chi connectivity index (χ0) is 15.5. The van der Waals surface area contributed by atoms with Gasteiger partial charge in [0.25, 0.3) is 0 Å². The second kappa shape index (κ2) is 6.17. The van der Waals surface area contributed by atoms with Crippen molar-refractivity contribution >= 4 is 15.5 Å². The van der Waals surface area contributed by atoms with Gasteiger partial charge in [-0.15, -0.1) is 0 Å². The summed E-state index contributed by atoms with van der Waals surface area (Å²) >= 11 is 0. The van der Waals surface area contributed by atoms with Gasteiger partial charge in [-0.2, -0.15) is 5.10 Å². The Morgan fingerprint density at radius 1 is 1.29 bits per heavy atom. The van der Waals surface area contributed by atoms with Gasteiger partial charge in [0.05, 0.1) is 24.6 Å². The minimum Gasteiger partial charge on any atom is -0.494 e. The molecule has 2 aromatic rings. The first-order valence-electron chi connectivity index (χ1n) is 6.63. The highest BCUT2D eigenvalue weighted by molar-refractivity contribution is 7.90. The molecule has 0 radical (unpaired) electrons. The highest BCUT2D eigenvalue weighted by Crippen LogP contribution is 2.26. The van der Waals surface area contributed by atoms with E-state index >= 15 is 0 Å². The Hall–Kier alpha value is -2.02. The summed E-state index contributed by atoms with van der Waals surface area (Å²) in [5.41, 5.74) is 7.98. The van der Waals surface area contributed by atoms with Gasteiger partial charge >= 0.3 is 0 Å². The third-order valence-corrected chi connectivity index (χ3v) is 3.84. The summed E-state index contributed by atoms with van der Waals surface area (Å²) in [6.45, 7) is 2.83. The predicted molar refractivity (Wildman–Crippen MR) is 83.0 cm³/mol. The van der Waals surface area contributed by atoms with E-state index in [1.54, 1.807) is 10.9 Å². The molecule has 1 aromatic carbocycles. The van der Waals surface area contributed by atoms with Crippen molar-refractivity contribution in [2.45, 2.75) is 13.5 Å². The van der Waals surface area contributed by atoms with Crippen LogP contribution in [0, 0.1) is 0 Å². The van der Waals surface area contributed by atoms with Crippen LogP contribution in [0.25, 0.3) is 11.3 Å². The maximum Gasteiger partial charge on any atom is 0.149 e. The largest absolute Gasteiger partial charge is 0.494 e. The molecule has 0 aliphatic heterocycles. The fourth-order valence-electron chi connectivity index (χ4n) is 1.91. The molecular formula is C14H19N3O3S. The third-order valence-electron chi connectivity index (χ3n) is 2.92. The number of anilines is 1. The first-order valence-corrected chi connectivity index (χ1v) is 8.69. The van der Waals surface area contributed by atoms with Gasteiger partial charge < -0.3 is 10.5 Å². The monoisotopic (exact) mass is 309 g/mol. The molecule has 0 spiro atoms. The molecule has 0 bridgehead atoms. The van der Waals surface area contributed by atoms with Crippen molar-refractivity contribution in [2.24, 2.45) is 0 Å². The van der Waals surface area contributed by atoms with Crippen LogP contribution in [0.2, 0.25) is 0 Å². The lowest BCUT2D eigenvalue weighted by atomic mass is 10.1. The maximum atomic E-state index is 11.2. The number of rotatable bonds is 6. The first kappa shape index (κ1) is 15.4. The summed E-state index contributed by atoms with van der Waals surface area (Å²) in [6.07, 6.45) is 2.85. The summed E-state index contributed by atoms with van der Waals surface area (Å²) in [6, 6.07) is 7.47. The van der Waals surface area contributed by atoms with Gasteiger partial charge in [-0.3, -0.25) is 4.68 Å². The molecule has 7 heteroatoms. The van der Waals surface area contributed by atoms with Crippen LogP contribution < -0.4 is 10.5 Å². The molecule has 1 aromatic heterocycles. The number of sulfone groups is 1. The molecule has 2 rings (SSSR count). The van der Waals surface area contributed by atoms with Crippen molar-refractivity contribution in [3.8, 4) is 17.0 Å². The number of benzene rings is 1. The molecule has 21 heavy (non-hydrogen) atoms. The smallest absolute Gasteiger partial charge is 0.149 e. The molecule has 0 atom stereocenters. The minimum absolute atomic E-state index is 0.0385. The topological polar surface area (TPSA) is 87.2 Å². The van der Waals surface area contributed by atoms with Crippen molar-refractivity contribution in [2.75, 3.05) is 24.3 Å². The normalized spacial score (nSPS) is 11.5. The molecule has 0 amide bonds. The van der Waals surface area contributed by atoms with Gasteiger partial charge in [-0.1, -0.05) is 0 Å². The van der Waals surface area contributed by atoms with Crippen LogP contribution in [0.5, 0.6) is 5.75 Å². The fraction of sp³-hybridized carbons (Fsp3) is 0.357. The molecule has 1 heterocycles. The van der Waals surface area contributed by atoms with Crippen molar-refractivity contribution in [1.82, 2.24) is 9.78 Å². The Kier molecular flexibility index (Phi) is 4.52. The quantitative estimate of drug-likeness (QED) is 0.875. The van der Waals surface area contributed by atoms with Crippen LogP contribution in [-0.4, -0.2) is 36.8 Å². The van der Waals surface area contributed by atoms with Crippen LogP contribution in [0.4, 0.5) is 5.69 Å². The summed E-state index contributed by atoms with van der Waals surface area (Å²) < 4.78 is 29.3. The van der Waals surface area contributed by atoms with E-state index in [9.17, 15) is 8.42 Å². The van der Waals surface area contributed by atoms with Gasteiger partial charge in [-0.05, 0) is 31.2 Å². The average Bonchev–Trinajstić information content (AvgIpc) is 2.78. The Balaban J connectivity index is 2.18. The van der Waals surface area contributed by atoms with Gasteiger partial charge in [0, 0.05) is 18.0 Å². The van der Waals surface area contributed by atoms with E-state index in [-0.39, 0.29) is 5.75 Å². The van der Waals surface area contributed by atoms with E-state index in [0.717, 1.165) is 11.3 Å². The number of nitrogens with zero attached hydrogens (tertiary/aromatic N) is 2. The van der Waals surface area contributed by atoms with Gasteiger partial charge in [0.2, 0.25) is 0 Å². The van der Waals surface area contributed by atoms with Crippen LogP contribution in [0.1, 0.15) is 6.92 Å². The summed E-state index contributed by atoms with van der Waals surface area (Å²) in [5, 5.41) is 4.35. The highest BCUT2D eigenvalue weighted by Gasteiger charge is 2.10. The summed E-state index contributed by atoms with van der Waals surface area (Å²) in [4.78, 5) is 0. The number of aryl methyl sites for hydroxylation is 1. The van der Waals surface area contributed by atoms with Gasteiger partial charge in [0.1, 0.15) is 21.3 Å². The molecule has 2 N–H and O–H groups in total. The Morgan fingerprint density at radius 3 is 2.52 bits per heavy atom. The Morgan fingerprint density at radius 2 is 1.95 bits per heavy atom. The molecule has 0 saturated heterocycles. The van der Waals surface area contributed by atoms with Crippen molar-refractivity contribution in [3.63, 3.8) is 0 Å². The number of nitrogens with two attached hydrogens (primary N) is 1. The molecule has 0 aliphatic carbocycles. The summed E-state index contributed by atoms with van der Waals surface area (Å²) in [7, 11) is -3.02. The number of hydrogen-bond donors (Lipinski definition) is 1. The van der Waals surface area contributed by atoms with Crippen LogP contribution in [-0.2, 0) is 16.4 Å². The van der Waals surface area contributed by atoms with Crippen LogP contribution in [0.15, 0.2) is 30.5 Å². The molecule has 6 nitrogen and oxygen atoms in total. The molecule has 0 saturated carbocycles. The zero-order valence-electron chi connectivity index (χ0n) is 12.1. The van der Waals surface area contributed by atoms with E-state index in [0.29, 0.717) is 24.5 Å². The molecule has 0 unspecified atom stereocenters. The van der Waals surface area contributed by atoms with E-state index in [4.69, 9.17) is 10.5 Å². The van der Waals surface area contributed by atoms with E-state index in [2.05, 4.69) is 5.10 Å². The third kappa shape index (κ3) is 4.22. The highest BCUT2D eigenvalue weighted by atomic mass is 32.2. The second-order valence-electron chi connectivity index (χ2n) is 4.78. The average molecular weight is 309 g/mol. The number of nitrogen functional groups attached to an aromatic ring is 1. The lowest BCUT2D eigenvalue weighted by molar-refractivity contribution is 0.340. The molecule has 0 aliphatic rings. The zero-order valence-corrected chi connectivity index (χ0v) is 12.9. The van der Waals surface area contributed by atoms with Gasteiger partial charge in [-0.25, -0.2) is 8.42 Å². The van der Waals surface area contributed by atoms with Crippen molar-refractivity contribution in [1.29, 1.82) is 0 Å². The van der Waals surface area contributed by atoms with Crippen molar-refractivity contribution < 1.29 is 13.2 Å². The van der Waals surface area contributed by atoms with E-state index < -0.39 is 9.84 Å². The molecular weight excluding hydrogens is 290 g/mol. The lowest BCUT2D eigenvalue weighted by Crippen LogP contribution is -2.11.